The van der Waals surface area contributed by atoms with Gasteiger partial charge in [0.15, 0.2) is 0 Å². The molecule has 1 saturated carbocycles. The van der Waals surface area contributed by atoms with Gasteiger partial charge >= 0.3 is 16.4 Å². The number of carbonyl (C=O) groups is 1. The Morgan fingerprint density at radius 1 is 1.00 bits per heavy atom. The summed E-state index contributed by atoms with van der Waals surface area (Å²) in [6.07, 6.45) is -1.29. The minimum atomic E-state index is -4.47. The van der Waals surface area contributed by atoms with Crippen molar-refractivity contribution in [2.75, 3.05) is 13.1 Å². The fourth-order valence-corrected chi connectivity index (χ4v) is 4.48. The summed E-state index contributed by atoms with van der Waals surface area (Å²) in [5, 5.41) is 0. The third kappa shape index (κ3) is 4.13. The highest BCUT2D eigenvalue weighted by molar-refractivity contribution is 7.87. The maximum atomic E-state index is 13.0. The molecule has 0 spiro atoms. The van der Waals surface area contributed by atoms with Gasteiger partial charge in [0.1, 0.15) is 0 Å². The summed E-state index contributed by atoms with van der Waals surface area (Å²) in [6, 6.07) is 0. The Labute approximate surface area is 128 Å². The molecule has 0 unspecified atom stereocenters. The molecule has 1 aliphatic carbocycles. The van der Waals surface area contributed by atoms with Crippen LogP contribution < -0.4 is 4.72 Å². The van der Waals surface area contributed by atoms with Crippen molar-refractivity contribution in [3.8, 4) is 0 Å². The van der Waals surface area contributed by atoms with Crippen LogP contribution in [-0.4, -0.2) is 37.9 Å². The molecule has 1 aliphatic heterocycles. The largest absolute Gasteiger partial charge is 0.392 e. The molecule has 2 fully saturated rings. The van der Waals surface area contributed by atoms with Gasteiger partial charge in [-0.2, -0.15) is 25.9 Å². The summed E-state index contributed by atoms with van der Waals surface area (Å²) >= 11 is 0. The minimum Gasteiger partial charge on any atom is -0.274 e. The third-order valence-corrected chi connectivity index (χ3v) is 5.91. The lowest BCUT2D eigenvalue weighted by molar-refractivity contribution is -0.197. The van der Waals surface area contributed by atoms with Crippen molar-refractivity contribution in [1.82, 2.24) is 9.03 Å². The number of rotatable bonds is 3. The summed E-state index contributed by atoms with van der Waals surface area (Å²) in [7, 11) is -4.03. The van der Waals surface area contributed by atoms with Gasteiger partial charge in [-0.3, -0.25) is 4.79 Å². The molecule has 2 atom stereocenters. The van der Waals surface area contributed by atoms with Crippen molar-refractivity contribution in [3.63, 3.8) is 0 Å². The van der Waals surface area contributed by atoms with Crippen LogP contribution in [0.15, 0.2) is 0 Å². The highest BCUT2D eigenvalue weighted by Gasteiger charge is 2.48. The van der Waals surface area contributed by atoms with Crippen LogP contribution in [0.25, 0.3) is 0 Å². The maximum Gasteiger partial charge on any atom is 0.392 e. The second-order valence-electron chi connectivity index (χ2n) is 5.97. The van der Waals surface area contributed by atoms with Crippen LogP contribution in [0.1, 0.15) is 44.9 Å². The Kier molecular flexibility index (Phi) is 5.37. The van der Waals surface area contributed by atoms with E-state index in [9.17, 15) is 26.4 Å². The molecule has 0 aromatic carbocycles. The van der Waals surface area contributed by atoms with E-state index in [-0.39, 0.29) is 12.8 Å². The molecule has 9 heteroatoms. The number of hydrogen-bond donors (Lipinski definition) is 1. The van der Waals surface area contributed by atoms with Crippen LogP contribution in [0.2, 0.25) is 0 Å². The van der Waals surface area contributed by atoms with Crippen molar-refractivity contribution in [2.45, 2.75) is 51.1 Å². The van der Waals surface area contributed by atoms with E-state index in [0.717, 1.165) is 10.7 Å². The standard InChI is InChI=1S/C13H21F3N2O3S/c14-13(15,16)11-7-3-2-6-10(11)12(19)17-22(20,21)18-8-4-1-5-9-18/h10-11H,1-9H2,(H,17,19)/t10-,11-/m0/s1. The zero-order chi connectivity index (χ0) is 16.4. The van der Waals surface area contributed by atoms with Crippen molar-refractivity contribution in [2.24, 2.45) is 11.8 Å². The Balaban J connectivity index is 2.06. The predicted octanol–water partition coefficient (Wildman–Crippen LogP) is 2.20. The quantitative estimate of drug-likeness (QED) is 0.855. The number of hydrogen-bond acceptors (Lipinski definition) is 3. The van der Waals surface area contributed by atoms with Crippen LogP contribution in [0.3, 0.4) is 0 Å². The summed E-state index contributed by atoms with van der Waals surface area (Å²) in [5.41, 5.74) is 0. The summed E-state index contributed by atoms with van der Waals surface area (Å²) < 4.78 is 66.2. The number of halogens is 3. The first-order valence-electron chi connectivity index (χ1n) is 7.60. The van der Waals surface area contributed by atoms with Crippen molar-refractivity contribution < 1.29 is 26.4 Å². The predicted molar refractivity (Wildman–Crippen MR) is 74.0 cm³/mol. The SMILES string of the molecule is O=C(NS(=O)(=O)N1CCCCC1)[C@H]1CCCC[C@@H]1C(F)(F)F. The molecule has 0 aromatic heterocycles. The molecule has 1 N–H and O–H groups in total. The molecular weight excluding hydrogens is 321 g/mol. The smallest absolute Gasteiger partial charge is 0.274 e. The zero-order valence-corrected chi connectivity index (χ0v) is 13.0. The zero-order valence-electron chi connectivity index (χ0n) is 12.2. The van der Waals surface area contributed by atoms with Gasteiger partial charge in [-0.15, -0.1) is 0 Å². The molecule has 128 valence electrons. The van der Waals surface area contributed by atoms with Gasteiger partial charge in [-0.1, -0.05) is 19.3 Å². The number of piperidine rings is 1. The monoisotopic (exact) mass is 342 g/mol. The van der Waals surface area contributed by atoms with Crippen LogP contribution in [0.5, 0.6) is 0 Å². The van der Waals surface area contributed by atoms with Crippen molar-refractivity contribution in [3.05, 3.63) is 0 Å². The second-order valence-corrected chi connectivity index (χ2v) is 7.64. The van der Waals surface area contributed by atoms with Gasteiger partial charge in [0.05, 0.1) is 11.8 Å². The fraction of sp³-hybridized carbons (Fsp3) is 0.923. The van der Waals surface area contributed by atoms with E-state index in [4.69, 9.17) is 0 Å². The number of nitrogens with one attached hydrogen (secondary N) is 1. The Morgan fingerprint density at radius 2 is 1.59 bits per heavy atom. The Morgan fingerprint density at radius 3 is 2.18 bits per heavy atom. The van der Waals surface area contributed by atoms with Gasteiger partial charge in [-0.25, -0.2) is 4.72 Å². The first kappa shape index (κ1) is 17.5. The minimum absolute atomic E-state index is 0.0749. The second kappa shape index (κ2) is 6.74. The summed E-state index contributed by atoms with van der Waals surface area (Å²) in [5.74, 6) is -4.08. The Bertz CT molecular complexity index is 501. The number of amides is 1. The van der Waals surface area contributed by atoms with Crippen LogP contribution >= 0.6 is 0 Å². The molecule has 1 amide bonds. The van der Waals surface area contributed by atoms with Gasteiger partial charge in [-0.05, 0) is 25.7 Å². The molecule has 0 radical (unpaired) electrons. The lowest BCUT2D eigenvalue weighted by Crippen LogP contribution is -2.50. The van der Waals surface area contributed by atoms with E-state index in [1.807, 2.05) is 4.72 Å². The highest BCUT2D eigenvalue weighted by atomic mass is 32.2. The normalized spacial score (nSPS) is 28.3. The van der Waals surface area contributed by atoms with Gasteiger partial charge in [0, 0.05) is 13.1 Å². The fourth-order valence-electron chi connectivity index (χ4n) is 3.21. The van der Waals surface area contributed by atoms with E-state index in [0.29, 0.717) is 38.8 Å². The molecule has 1 saturated heterocycles. The van der Waals surface area contributed by atoms with E-state index in [2.05, 4.69) is 0 Å². The van der Waals surface area contributed by atoms with E-state index in [1.54, 1.807) is 0 Å². The first-order valence-corrected chi connectivity index (χ1v) is 9.04. The lowest BCUT2D eigenvalue weighted by atomic mass is 9.78. The lowest BCUT2D eigenvalue weighted by Gasteiger charge is -2.33. The average Bonchev–Trinajstić information content (AvgIpc) is 2.47. The first-order chi connectivity index (χ1) is 10.2. The van der Waals surface area contributed by atoms with Gasteiger partial charge in [0.2, 0.25) is 5.91 Å². The summed E-state index contributed by atoms with van der Waals surface area (Å²) in [4.78, 5) is 12.1. The number of nitrogens with zero attached hydrogens (tertiary/aromatic N) is 1. The van der Waals surface area contributed by atoms with E-state index in [1.165, 1.54) is 0 Å². The average molecular weight is 342 g/mol. The van der Waals surface area contributed by atoms with Crippen LogP contribution in [0.4, 0.5) is 13.2 Å². The van der Waals surface area contributed by atoms with Crippen LogP contribution in [-0.2, 0) is 15.0 Å². The molecular formula is C13H21F3N2O3S. The number of alkyl halides is 3. The van der Waals surface area contributed by atoms with E-state index >= 15 is 0 Å². The number of carbonyl (C=O) groups excluding carboxylic acids is 1. The molecule has 22 heavy (non-hydrogen) atoms. The molecule has 2 rings (SSSR count). The molecule has 5 nitrogen and oxygen atoms in total. The summed E-state index contributed by atoms with van der Waals surface area (Å²) in [6.45, 7) is 0.603. The van der Waals surface area contributed by atoms with Gasteiger partial charge < -0.3 is 0 Å². The van der Waals surface area contributed by atoms with Crippen LogP contribution in [0, 0.1) is 11.8 Å². The Hall–Kier alpha value is -0.830. The van der Waals surface area contributed by atoms with E-state index < -0.39 is 34.1 Å². The third-order valence-electron chi connectivity index (χ3n) is 4.41. The topological polar surface area (TPSA) is 66.5 Å². The van der Waals surface area contributed by atoms with Crippen molar-refractivity contribution in [1.29, 1.82) is 0 Å². The van der Waals surface area contributed by atoms with Crippen molar-refractivity contribution >= 4 is 16.1 Å². The maximum absolute atomic E-state index is 13.0. The molecule has 0 bridgehead atoms. The highest BCUT2D eigenvalue weighted by Crippen LogP contribution is 2.41. The molecule has 0 aromatic rings. The molecule has 1 heterocycles. The van der Waals surface area contributed by atoms with Gasteiger partial charge in [0.25, 0.3) is 0 Å². The molecule has 2 aliphatic rings.